The molecule has 0 radical (unpaired) electrons. The van der Waals surface area contributed by atoms with Gasteiger partial charge in [0.05, 0.1) is 18.4 Å². The third kappa shape index (κ3) is 3.05. The highest BCUT2D eigenvalue weighted by molar-refractivity contribution is 5.80. The fourth-order valence-corrected chi connectivity index (χ4v) is 1.89. The molecule has 1 N–H and O–H groups in total. The van der Waals surface area contributed by atoms with Crippen LogP contribution < -0.4 is 5.32 Å². The van der Waals surface area contributed by atoms with Crippen molar-refractivity contribution in [1.82, 2.24) is 15.2 Å². The highest BCUT2D eigenvalue weighted by Gasteiger charge is 2.29. The standard InChI is InChI=1S/C13H16N4O/c14-4-2-6-17(13(18)12-8-16-9-12)10-11-3-1-5-15-7-11/h1,3,5,7,12,16H,2,6,8-10H2. The summed E-state index contributed by atoms with van der Waals surface area (Å²) in [6, 6.07) is 5.89. The van der Waals surface area contributed by atoms with Crippen LogP contribution in [0.4, 0.5) is 0 Å². The predicted molar refractivity (Wildman–Crippen MR) is 66.2 cm³/mol. The van der Waals surface area contributed by atoms with E-state index in [1.807, 2.05) is 12.1 Å². The maximum Gasteiger partial charge on any atom is 0.228 e. The quantitative estimate of drug-likeness (QED) is 0.821. The molecule has 18 heavy (non-hydrogen) atoms. The number of pyridine rings is 1. The Bertz CT molecular complexity index is 436. The minimum absolute atomic E-state index is 0.0698. The van der Waals surface area contributed by atoms with Crippen molar-refractivity contribution in [2.24, 2.45) is 5.92 Å². The Balaban J connectivity index is 2.00. The van der Waals surface area contributed by atoms with Gasteiger partial charge >= 0.3 is 0 Å². The molecule has 1 aliphatic rings. The second kappa shape index (κ2) is 6.12. The number of hydrogen-bond acceptors (Lipinski definition) is 4. The van der Waals surface area contributed by atoms with Crippen LogP contribution in [0.3, 0.4) is 0 Å². The van der Waals surface area contributed by atoms with E-state index in [4.69, 9.17) is 5.26 Å². The number of nitrogens with zero attached hydrogens (tertiary/aromatic N) is 3. The molecule has 2 rings (SSSR count). The molecule has 0 bridgehead atoms. The van der Waals surface area contributed by atoms with Crippen LogP contribution in [0, 0.1) is 17.2 Å². The summed E-state index contributed by atoms with van der Waals surface area (Å²) in [6.45, 7) is 2.51. The molecule has 0 aliphatic carbocycles. The van der Waals surface area contributed by atoms with Crippen LogP contribution in [0.2, 0.25) is 0 Å². The molecule has 0 atom stereocenters. The summed E-state index contributed by atoms with van der Waals surface area (Å²) >= 11 is 0. The second-order valence-corrected chi connectivity index (χ2v) is 4.38. The molecule has 2 heterocycles. The van der Waals surface area contributed by atoms with Crippen LogP contribution in [0.1, 0.15) is 12.0 Å². The van der Waals surface area contributed by atoms with Crippen LogP contribution in [-0.2, 0) is 11.3 Å². The Morgan fingerprint density at radius 1 is 1.61 bits per heavy atom. The molecule has 94 valence electrons. The van der Waals surface area contributed by atoms with E-state index in [1.54, 1.807) is 17.3 Å². The molecule has 5 heteroatoms. The lowest BCUT2D eigenvalue weighted by Crippen LogP contribution is -2.52. The van der Waals surface area contributed by atoms with Crippen molar-refractivity contribution in [1.29, 1.82) is 5.26 Å². The minimum atomic E-state index is 0.0698. The number of carbonyl (C=O) groups excluding carboxylic acids is 1. The molecule has 1 saturated heterocycles. The number of hydrogen-bond donors (Lipinski definition) is 1. The van der Waals surface area contributed by atoms with Crippen molar-refractivity contribution in [2.45, 2.75) is 13.0 Å². The zero-order chi connectivity index (χ0) is 12.8. The van der Waals surface area contributed by atoms with Gasteiger partial charge in [0.15, 0.2) is 0 Å². The SMILES string of the molecule is N#CCCN(Cc1cccnc1)C(=O)C1CNC1. The average molecular weight is 244 g/mol. The lowest BCUT2D eigenvalue weighted by atomic mass is 10.0. The monoisotopic (exact) mass is 244 g/mol. The number of nitrogens with one attached hydrogen (secondary N) is 1. The van der Waals surface area contributed by atoms with Gasteiger partial charge in [0.25, 0.3) is 0 Å². The number of carbonyl (C=O) groups is 1. The van der Waals surface area contributed by atoms with Gasteiger partial charge in [0.1, 0.15) is 0 Å². The summed E-state index contributed by atoms with van der Waals surface area (Å²) < 4.78 is 0. The zero-order valence-electron chi connectivity index (χ0n) is 10.2. The second-order valence-electron chi connectivity index (χ2n) is 4.38. The van der Waals surface area contributed by atoms with Gasteiger partial charge in [0, 0.05) is 38.6 Å². The van der Waals surface area contributed by atoms with E-state index in [-0.39, 0.29) is 11.8 Å². The van der Waals surface area contributed by atoms with E-state index < -0.39 is 0 Å². The predicted octanol–water partition coefficient (Wildman–Crippen LogP) is 0.543. The Labute approximate surface area is 106 Å². The summed E-state index contributed by atoms with van der Waals surface area (Å²) in [5.74, 6) is 0.202. The van der Waals surface area contributed by atoms with E-state index >= 15 is 0 Å². The maximum absolute atomic E-state index is 12.2. The molecule has 1 aliphatic heterocycles. The Hall–Kier alpha value is -1.93. The normalized spacial score (nSPS) is 14.6. The minimum Gasteiger partial charge on any atom is -0.337 e. The summed E-state index contributed by atoms with van der Waals surface area (Å²) in [5, 5.41) is 11.8. The van der Waals surface area contributed by atoms with Gasteiger partial charge in [-0.2, -0.15) is 5.26 Å². The van der Waals surface area contributed by atoms with Crippen molar-refractivity contribution in [2.75, 3.05) is 19.6 Å². The Morgan fingerprint density at radius 2 is 2.44 bits per heavy atom. The molecule has 0 spiro atoms. The fraction of sp³-hybridized carbons (Fsp3) is 0.462. The van der Waals surface area contributed by atoms with Gasteiger partial charge in [0.2, 0.25) is 5.91 Å². The van der Waals surface area contributed by atoms with Gasteiger partial charge < -0.3 is 10.2 Å². The van der Waals surface area contributed by atoms with Crippen LogP contribution >= 0.6 is 0 Å². The van der Waals surface area contributed by atoms with E-state index in [0.717, 1.165) is 18.7 Å². The maximum atomic E-state index is 12.2. The number of aromatic nitrogens is 1. The van der Waals surface area contributed by atoms with Crippen molar-refractivity contribution >= 4 is 5.91 Å². The Morgan fingerprint density at radius 3 is 3.00 bits per heavy atom. The first-order valence-corrected chi connectivity index (χ1v) is 6.06. The highest BCUT2D eigenvalue weighted by atomic mass is 16.2. The summed E-state index contributed by atoms with van der Waals surface area (Å²) in [4.78, 5) is 18.0. The highest BCUT2D eigenvalue weighted by Crippen LogP contribution is 2.12. The summed E-state index contributed by atoms with van der Waals surface area (Å²) in [6.07, 6.45) is 3.83. The van der Waals surface area contributed by atoms with Crippen LogP contribution in [0.25, 0.3) is 0 Å². The molecule has 5 nitrogen and oxygen atoms in total. The van der Waals surface area contributed by atoms with Crippen LogP contribution in [-0.4, -0.2) is 35.4 Å². The first-order chi connectivity index (χ1) is 8.81. The smallest absolute Gasteiger partial charge is 0.228 e. The molecular formula is C13H16N4O. The fourth-order valence-electron chi connectivity index (χ4n) is 1.89. The van der Waals surface area contributed by atoms with Gasteiger partial charge in [-0.3, -0.25) is 9.78 Å². The first kappa shape index (κ1) is 12.5. The van der Waals surface area contributed by atoms with E-state index in [1.165, 1.54) is 0 Å². The van der Waals surface area contributed by atoms with E-state index in [9.17, 15) is 4.79 Å². The molecule has 0 unspecified atom stereocenters. The number of rotatable bonds is 5. The third-order valence-electron chi connectivity index (χ3n) is 3.03. The molecule has 1 aromatic rings. The van der Waals surface area contributed by atoms with E-state index in [0.29, 0.717) is 19.5 Å². The molecule has 1 fully saturated rings. The first-order valence-electron chi connectivity index (χ1n) is 6.06. The van der Waals surface area contributed by atoms with E-state index in [2.05, 4.69) is 16.4 Å². The number of nitriles is 1. The van der Waals surface area contributed by atoms with Gasteiger partial charge in [-0.15, -0.1) is 0 Å². The van der Waals surface area contributed by atoms with Crippen molar-refractivity contribution < 1.29 is 4.79 Å². The van der Waals surface area contributed by atoms with Gasteiger partial charge in [-0.25, -0.2) is 0 Å². The molecule has 0 aromatic carbocycles. The van der Waals surface area contributed by atoms with Crippen molar-refractivity contribution in [3.8, 4) is 6.07 Å². The summed E-state index contributed by atoms with van der Waals surface area (Å²) in [7, 11) is 0. The zero-order valence-corrected chi connectivity index (χ0v) is 10.2. The van der Waals surface area contributed by atoms with Crippen LogP contribution in [0.5, 0.6) is 0 Å². The lowest BCUT2D eigenvalue weighted by molar-refractivity contribution is -0.137. The summed E-state index contributed by atoms with van der Waals surface area (Å²) in [5.41, 5.74) is 0.996. The van der Waals surface area contributed by atoms with Gasteiger partial charge in [-0.1, -0.05) is 6.07 Å². The number of amides is 1. The molecule has 1 amide bonds. The average Bonchev–Trinajstić information content (AvgIpc) is 2.33. The lowest BCUT2D eigenvalue weighted by Gasteiger charge is -2.32. The van der Waals surface area contributed by atoms with Gasteiger partial charge in [-0.05, 0) is 11.6 Å². The van der Waals surface area contributed by atoms with Crippen molar-refractivity contribution in [3.63, 3.8) is 0 Å². The molecular weight excluding hydrogens is 228 g/mol. The molecule has 1 aromatic heterocycles. The topological polar surface area (TPSA) is 69.0 Å². The van der Waals surface area contributed by atoms with Crippen LogP contribution in [0.15, 0.2) is 24.5 Å². The van der Waals surface area contributed by atoms with Crippen molar-refractivity contribution in [3.05, 3.63) is 30.1 Å². The Kier molecular flexibility index (Phi) is 4.26. The largest absolute Gasteiger partial charge is 0.337 e. The third-order valence-corrected chi connectivity index (χ3v) is 3.03. The molecule has 0 saturated carbocycles.